The molecule has 2 aromatic carbocycles. The van der Waals surface area contributed by atoms with Gasteiger partial charge in [0.2, 0.25) is 0 Å². The van der Waals surface area contributed by atoms with E-state index < -0.39 is 10.8 Å². The van der Waals surface area contributed by atoms with Gasteiger partial charge in [-0.25, -0.2) is 0 Å². The lowest BCUT2D eigenvalue weighted by Gasteiger charge is -2.30. The van der Waals surface area contributed by atoms with Crippen LogP contribution in [-0.4, -0.2) is 22.0 Å². The standard InChI is InChI=1S/C21H21ClN2OS/c1-26(25)19-10-6-17(7-11-19)21-20(16-4-8-18(22)9-5-16)12-13-24(23-21)14-15-2-3-15/h4-13,15,23H,2-3,14H2,1H3. The number of allylic oxidation sites excluding steroid dienone is 2. The first kappa shape index (κ1) is 17.4. The Morgan fingerprint density at radius 1 is 1.08 bits per heavy atom. The molecule has 5 heteroatoms. The van der Waals surface area contributed by atoms with E-state index in [9.17, 15) is 4.21 Å². The third kappa shape index (κ3) is 3.87. The highest BCUT2D eigenvalue weighted by Crippen LogP contribution is 2.33. The van der Waals surface area contributed by atoms with E-state index in [0.717, 1.165) is 44.8 Å². The summed E-state index contributed by atoms with van der Waals surface area (Å²) in [6, 6.07) is 15.8. The van der Waals surface area contributed by atoms with Crippen molar-refractivity contribution in [2.24, 2.45) is 5.92 Å². The molecular formula is C21H21ClN2OS. The van der Waals surface area contributed by atoms with Crippen LogP contribution >= 0.6 is 11.6 Å². The Labute approximate surface area is 161 Å². The minimum Gasteiger partial charge on any atom is -0.298 e. The third-order valence-electron chi connectivity index (χ3n) is 4.73. The van der Waals surface area contributed by atoms with Crippen LogP contribution < -0.4 is 5.43 Å². The smallest absolute Gasteiger partial charge is 0.0693 e. The fraction of sp³-hybridized carbons (Fsp3) is 0.238. The second-order valence-corrected chi connectivity index (χ2v) is 8.61. The molecule has 134 valence electrons. The average Bonchev–Trinajstić information content (AvgIpc) is 3.47. The van der Waals surface area contributed by atoms with Gasteiger partial charge in [0.05, 0.1) is 5.70 Å². The predicted molar refractivity (Wildman–Crippen MR) is 109 cm³/mol. The van der Waals surface area contributed by atoms with Crippen LogP contribution in [0.2, 0.25) is 5.02 Å². The van der Waals surface area contributed by atoms with Crippen molar-refractivity contribution >= 4 is 33.7 Å². The van der Waals surface area contributed by atoms with Crippen molar-refractivity contribution in [3.63, 3.8) is 0 Å². The quantitative estimate of drug-likeness (QED) is 0.811. The molecule has 4 rings (SSSR count). The molecule has 0 radical (unpaired) electrons. The molecular weight excluding hydrogens is 364 g/mol. The molecule has 0 bridgehead atoms. The number of hydrogen-bond acceptors (Lipinski definition) is 3. The molecule has 2 aliphatic rings. The monoisotopic (exact) mass is 384 g/mol. The second-order valence-electron chi connectivity index (χ2n) is 6.80. The lowest BCUT2D eigenvalue weighted by atomic mass is 9.98. The molecule has 1 aliphatic heterocycles. The number of hydrazine groups is 1. The molecule has 1 heterocycles. The molecule has 1 N–H and O–H groups in total. The topological polar surface area (TPSA) is 32.3 Å². The van der Waals surface area contributed by atoms with Crippen molar-refractivity contribution in [2.45, 2.75) is 17.7 Å². The molecule has 2 aromatic rings. The highest BCUT2D eigenvalue weighted by molar-refractivity contribution is 7.84. The van der Waals surface area contributed by atoms with E-state index in [1.54, 1.807) is 6.26 Å². The molecule has 0 saturated heterocycles. The summed E-state index contributed by atoms with van der Waals surface area (Å²) in [7, 11) is -0.972. The van der Waals surface area contributed by atoms with Crippen LogP contribution in [0.5, 0.6) is 0 Å². The fourth-order valence-corrected chi connectivity index (χ4v) is 3.72. The van der Waals surface area contributed by atoms with Gasteiger partial charge in [-0.05, 0) is 54.7 Å². The van der Waals surface area contributed by atoms with Crippen molar-refractivity contribution in [2.75, 3.05) is 12.8 Å². The van der Waals surface area contributed by atoms with Gasteiger partial charge >= 0.3 is 0 Å². The van der Waals surface area contributed by atoms with Crippen LogP contribution in [0, 0.1) is 5.92 Å². The summed E-state index contributed by atoms with van der Waals surface area (Å²) < 4.78 is 11.7. The summed E-state index contributed by atoms with van der Waals surface area (Å²) in [6.07, 6.45) is 8.59. The normalized spacial score (nSPS) is 18.0. The maximum Gasteiger partial charge on any atom is 0.0693 e. The van der Waals surface area contributed by atoms with Gasteiger partial charge in [-0.3, -0.25) is 14.6 Å². The highest BCUT2D eigenvalue weighted by atomic mass is 35.5. The van der Waals surface area contributed by atoms with E-state index in [4.69, 9.17) is 11.6 Å². The van der Waals surface area contributed by atoms with Crippen molar-refractivity contribution in [3.8, 4) is 0 Å². The Morgan fingerprint density at radius 2 is 1.73 bits per heavy atom. The number of rotatable bonds is 5. The van der Waals surface area contributed by atoms with Crippen LogP contribution in [0.3, 0.4) is 0 Å². The fourth-order valence-electron chi connectivity index (χ4n) is 3.08. The van der Waals surface area contributed by atoms with Gasteiger partial charge in [-0.2, -0.15) is 0 Å². The van der Waals surface area contributed by atoms with E-state index in [2.05, 4.69) is 22.7 Å². The van der Waals surface area contributed by atoms with Crippen LogP contribution in [0.25, 0.3) is 11.3 Å². The summed E-state index contributed by atoms with van der Waals surface area (Å²) in [5, 5.41) is 2.90. The second kappa shape index (κ2) is 7.29. The molecule has 0 aromatic heterocycles. The molecule has 1 unspecified atom stereocenters. The maximum absolute atomic E-state index is 11.7. The number of hydrogen-bond donors (Lipinski definition) is 1. The molecule has 3 nitrogen and oxygen atoms in total. The van der Waals surface area contributed by atoms with E-state index in [0.29, 0.717) is 0 Å². The first-order valence-corrected chi connectivity index (χ1v) is 10.7. The Morgan fingerprint density at radius 3 is 2.35 bits per heavy atom. The van der Waals surface area contributed by atoms with Gasteiger partial charge in [0, 0.05) is 50.9 Å². The molecule has 1 aliphatic carbocycles. The zero-order chi connectivity index (χ0) is 18.1. The summed E-state index contributed by atoms with van der Waals surface area (Å²) in [4.78, 5) is 0.837. The Bertz CT molecular complexity index is 883. The van der Waals surface area contributed by atoms with Crippen LogP contribution in [0.4, 0.5) is 0 Å². The van der Waals surface area contributed by atoms with Gasteiger partial charge in [0.25, 0.3) is 0 Å². The number of nitrogens with one attached hydrogen (secondary N) is 1. The van der Waals surface area contributed by atoms with Gasteiger partial charge in [0.1, 0.15) is 0 Å². The van der Waals surface area contributed by atoms with E-state index >= 15 is 0 Å². The van der Waals surface area contributed by atoms with Crippen LogP contribution in [0.15, 0.2) is 65.7 Å². The zero-order valence-electron chi connectivity index (χ0n) is 14.6. The lowest BCUT2D eigenvalue weighted by Crippen LogP contribution is -2.36. The predicted octanol–water partition coefficient (Wildman–Crippen LogP) is 4.69. The summed E-state index contributed by atoms with van der Waals surface area (Å²) in [6.45, 7) is 1.02. The minimum absolute atomic E-state index is 0.730. The van der Waals surface area contributed by atoms with Gasteiger partial charge in [-0.15, -0.1) is 0 Å². The van der Waals surface area contributed by atoms with Crippen LogP contribution in [-0.2, 0) is 10.8 Å². The van der Waals surface area contributed by atoms with Crippen molar-refractivity contribution in [3.05, 3.63) is 77.0 Å². The molecule has 0 amide bonds. The SMILES string of the molecule is CS(=O)c1ccc(C2=C(c3ccc(Cl)cc3)C=CN(CC3CC3)N2)cc1. The van der Waals surface area contributed by atoms with Crippen molar-refractivity contribution in [1.82, 2.24) is 10.4 Å². The average molecular weight is 385 g/mol. The molecule has 1 atom stereocenters. The zero-order valence-corrected chi connectivity index (χ0v) is 16.2. The molecule has 0 spiro atoms. The van der Waals surface area contributed by atoms with Crippen molar-refractivity contribution in [1.29, 1.82) is 0 Å². The number of benzene rings is 2. The summed E-state index contributed by atoms with van der Waals surface area (Å²) in [5.74, 6) is 0.787. The van der Waals surface area contributed by atoms with Crippen molar-refractivity contribution < 1.29 is 4.21 Å². The molecule has 1 fully saturated rings. The van der Waals surface area contributed by atoms with Gasteiger partial charge < -0.3 is 0 Å². The maximum atomic E-state index is 11.7. The van der Waals surface area contributed by atoms with Gasteiger partial charge in [0.15, 0.2) is 0 Å². The van der Waals surface area contributed by atoms with Gasteiger partial charge in [-0.1, -0.05) is 35.9 Å². The third-order valence-corrected chi connectivity index (χ3v) is 5.92. The summed E-state index contributed by atoms with van der Waals surface area (Å²) in [5.41, 5.74) is 7.94. The Hall–Kier alpha value is -2.04. The van der Waals surface area contributed by atoms with E-state index in [-0.39, 0.29) is 0 Å². The summed E-state index contributed by atoms with van der Waals surface area (Å²) >= 11 is 6.05. The lowest BCUT2D eigenvalue weighted by molar-refractivity contribution is 0.309. The van der Waals surface area contributed by atoms with Crippen LogP contribution in [0.1, 0.15) is 24.0 Å². The Balaban J connectivity index is 1.72. The number of halogens is 1. The first-order valence-electron chi connectivity index (χ1n) is 8.76. The molecule has 26 heavy (non-hydrogen) atoms. The highest BCUT2D eigenvalue weighted by Gasteiger charge is 2.25. The molecule has 1 saturated carbocycles. The van der Waals surface area contributed by atoms with E-state index in [1.807, 2.05) is 48.5 Å². The first-order chi connectivity index (χ1) is 12.6. The largest absolute Gasteiger partial charge is 0.298 e. The Kier molecular flexibility index (Phi) is 4.88. The minimum atomic E-state index is -0.972. The number of nitrogens with zero attached hydrogens (tertiary/aromatic N) is 1. The van der Waals surface area contributed by atoms with E-state index in [1.165, 1.54) is 12.8 Å².